The molecular formula is C27H17ClF2N6O2. The summed E-state index contributed by atoms with van der Waals surface area (Å²) in [6.07, 6.45) is 1.99. The molecule has 0 aliphatic rings. The second-order valence-electron chi connectivity index (χ2n) is 8.59. The van der Waals surface area contributed by atoms with E-state index < -0.39 is 24.2 Å². The van der Waals surface area contributed by atoms with Crippen LogP contribution in [0.3, 0.4) is 0 Å². The molecule has 0 fully saturated rings. The summed E-state index contributed by atoms with van der Waals surface area (Å²) in [7, 11) is 0. The maximum Gasteiger partial charge on any atom is 0.333 e. The molecular weight excluding hydrogens is 514 g/mol. The van der Waals surface area contributed by atoms with Crippen LogP contribution >= 0.6 is 11.6 Å². The fraction of sp³-hybridized carbons (Fsp3) is 0.0741. The lowest BCUT2D eigenvalue weighted by molar-refractivity contribution is 0.121. The van der Waals surface area contributed by atoms with Crippen LogP contribution in [0.15, 0.2) is 88.8 Å². The molecule has 0 saturated carbocycles. The van der Waals surface area contributed by atoms with Crippen LogP contribution in [-0.4, -0.2) is 36.0 Å². The summed E-state index contributed by atoms with van der Waals surface area (Å²) >= 11 is 6.56. The predicted molar refractivity (Wildman–Crippen MR) is 141 cm³/mol. The Bertz CT molecular complexity index is 1960. The van der Waals surface area contributed by atoms with E-state index >= 15 is 0 Å². The van der Waals surface area contributed by atoms with Crippen molar-refractivity contribution in [2.45, 2.75) is 13.0 Å². The molecule has 0 amide bonds. The number of hydrogen-bond acceptors (Lipinski definition) is 5. The van der Waals surface area contributed by atoms with Crippen molar-refractivity contribution in [2.24, 2.45) is 0 Å². The zero-order chi connectivity index (χ0) is 26.4. The number of hydrogen-bond donors (Lipinski definition) is 1. The van der Waals surface area contributed by atoms with Gasteiger partial charge < -0.3 is 4.98 Å². The third-order valence-electron chi connectivity index (χ3n) is 6.23. The first-order chi connectivity index (χ1) is 18.4. The Hall–Kier alpha value is -4.70. The van der Waals surface area contributed by atoms with Gasteiger partial charge in [-0.1, -0.05) is 59.3 Å². The fourth-order valence-corrected chi connectivity index (χ4v) is 4.84. The number of nitrogens with zero attached hydrogens (tertiary/aromatic N) is 5. The predicted octanol–water partition coefficient (Wildman–Crippen LogP) is 5.07. The van der Waals surface area contributed by atoms with Gasteiger partial charge in [0.1, 0.15) is 12.2 Å². The van der Waals surface area contributed by atoms with Gasteiger partial charge in [0.25, 0.3) is 12.0 Å². The summed E-state index contributed by atoms with van der Waals surface area (Å²) in [6, 6.07) is 17.5. The topological polar surface area (TPSA) is 98.5 Å². The van der Waals surface area contributed by atoms with E-state index in [2.05, 4.69) is 20.3 Å². The quantitative estimate of drug-likeness (QED) is 0.335. The van der Waals surface area contributed by atoms with Gasteiger partial charge in [-0.05, 0) is 23.8 Å². The van der Waals surface area contributed by atoms with Gasteiger partial charge >= 0.3 is 5.69 Å². The van der Waals surface area contributed by atoms with E-state index in [0.29, 0.717) is 44.0 Å². The summed E-state index contributed by atoms with van der Waals surface area (Å²) in [5.74, 6) is 0. The number of alkyl halides is 2. The fourth-order valence-electron chi connectivity index (χ4n) is 4.55. The van der Waals surface area contributed by atoms with Gasteiger partial charge in [0.15, 0.2) is 0 Å². The first-order valence-electron chi connectivity index (χ1n) is 11.5. The number of aromatic amines is 1. The van der Waals surface area contributed by atoms with Gasteiger partial charge in [0.2, 0.25) is 0 Å². The summed E-state index contributed by atoms with van der Waals surface area (Å²) in [5, 5.41) is 9.99. The van der Waals surface area contributed by atoms with Gasteiger partial charge in [0, 0.05) is 33.1 Å². The average molecular weight is 531 g/mol. The number of nitrogens with one attached hydrogen (secondary N) is 1. The number of aromatic nitrogens is 6. The Morgan fingerprint density at radius 3 is 2.66 bits per heavy atom. The molecule has 0 atom stereocenters. The van der Waals surface area contributed by atoms with Crippen LogP contribution in [0.25, 0.3) is 49.7 Å². The minimum Gasteiger partial charge on any atom is -0.306 e. The zero-order valence-electron chi connectivity index (χ0n) is 19.5. The largest absolute Gasteiger partial charge is 0.333 e. The van der Waals surface area contributed by atoms with Crippen LogP contribution in [-0.2, 0) is 6.54 Å². The van der Waals surface area contributed by atoms with E-state index in [9.17, 15) is 18.4 Å². The lowest BCUT2D eigenvalue weighted by Gasteiger charge is -2.12. The molecule has 0 unspecified atom stereocenters. The first-order valence-corrected chi connectivity index (χ1v) is 11.9. The first kappa shape index (κ1) is 23.7. The molecule has 0 saturated heterocycles. The lowest BCUT2D eigenvalue weighted by Crippen LogP contribution is -2.33. The SMILES string of the molecule is O=c1[nH]c2cc(-c3c(Cl)cccc3-c3cn(CC(F)F)nn3)ccc2c(=O)n1-c1cncc2ccccc12. The molecule has 3 heterocycles. The maximum absolute atomic E-state index is 13.5. The molecule has 0 aliphatic carbocycles. The highest BCUT2D eigenvalue weighted by atomic mass is 35.5. The molecule has 0 spiro atoms. The Kier molecular flexibility index (Phi) is 5.80. The molecule has 6 rings (SSSR count). The van der Waals surface area contributed by atoms with Crippen molar-refractivity contribution in [3.63, 3.8) is 0 Å². The van der Waals surface area contributed by atoms with E-state index in [0.717, 1.165) is 14.6 Å². The summed E-state index contributed by atoms with van der Waals surface area (Å²) in [5.41, 5.74) is 1.65. The molecule has 0 aliphatic heterocycles. The molecule has 0 bridgehead atoms. The van der Waals surface area contributed by atoms with Crippen molar-refractivity contribution in [3.05, 3.63) is 105 Å². The molecule has 188 valence electrons. The van der Waals surface area contributed by atoms with Gasteiger partial charge in [0.05, 0.1) is 29.0 Å². The number of fused-ring (bicyclic) bond motifs is 2. The van der Waals surface area contributed by atoms with Gasteiger partial charge in [-0.2, -0.15) is 0 Å². The monoisotopic (exact) mass is 530 g/mol. The van der Waals surface area contributed by atoms with E-state index in [1.165, 1.54) is 12.4 Å². The van der Waals surface area contributed by atoms with Gasteiger partial charge in [-0.15, -0.1) is 5.10 Å². The molecule has 1 N–H and O–H groups in total. The van der Waals surface area contributed by atoms with Gasteiger partial charge in [-0.25, -0.2) is 22.8 Å². The standard InChI is InChI=1S/C27H17ClF2N6O2/c28-20-7-3-6-18(22-13-35(34-33-22)14-24(29)30)25(20)15-8-9-19-21(10-15)32-27(38)36(26(19)37)23-12-31-11-16-4-1-2-5-17(16)23/h1-13,24H,14H2,(H,32,38). The zero-order valence-corrected chi connectivity index (χ0v) is 20.2. The minimum absolute atomic E-state index is 0.290. The van der Waals surface area contributed by atoms with E-state index in [4.69, 9.17) is 11.6 Å². The van der Waals surface area contributed by atoms with Crippen molar-refractivity contribution >= 4 is 33.3 Å². The Morgan fingerprint density at radius 1 is 0.974 bits per heavy atom. The van der Waals surface area contributed by atoms with Crippen LogP contribution in [0.1, 0.15) is 0 Å². The summed E-state index contributed by atoms with van der Waals surface area (Å²) < 4.78 is 27.7. The van der Waals surface area contributed by atoms with Crippen LogP contribution in [0.4, 0.5) is 8.78 Å². The molecule has 3 aromatic heterocycles. The highest BCUT2D eigenvalue weighted by Gasteiger charge is 2.18. The lowest BCUT2D eigenvalue weighted by atomic mass is 9.97. The van der Waals surface area contributed by atoms with E-state index in [-0.39, 0.29) is 5.39 Å². The van der Waals surface area contributed by atoms with Gasteiger partial charge in [-0.3, -0.25) is 9.78 Å². The van der Waals surface area contributed by atoms with Crippen LogP contribution in [0, 0.1) is 0 Å². The second-order valence-corrected chi connectivity index (χ2v) is 9.00. The molecule has 0 radical (unpaired) electrons. The highest BCUT2D eigenvalue weighted by Crippen LogP contribution is 2.37. The van der Waals surface area contributed by atoms with Crippen molar-refractivity contribution in [1.29, 1.82) is 0 Å². The van der Waals surface area contributed by atoms with Crippen LogP contribution in [0.2, 0.25) is 5.02 Å². The minimum atomic E-state index is -2.57. The van der Waals surface area contributed by atoms with Crippen molar-refractivity contribution in [2.75, 3.05) is 0 Å². The number of rotatable bonds is 5. The smallest absolute Gasteiger partial charge is 0.306 e. The summed E-state index contributed by atoms with van der Waals surface area (Å²) in [6.45, 7) is -0.585. The van der Waals surface area contributed by atoms with Crippen molar-refractivity contribution < 1.29 is 8.78 Å². The molecule has 6 aromatic rings. The second kappa shape index (κ2) is 9.31. The third-order valence-corrected chi connectivity index (χ3v) is 6.54. The third kappa shape index (κ3) is 4.04. The summed E-state index contributed by atoms with van der Waals surface area (Å²) in [4.78, 5) is 33.6. The van der Waals surface area contributed by atoms with E-state index in [1.54, 1.807) is 42.6 Å². The number of pyridine rings is 1. The molecule has 3 aromatic carbocycles. The number of benzene rings is 3. The maximum atomic E-state index is 13.5. The molecule has 11 heteroatoms. The average Bonchev–Trinajstić information content (AvgIpc) is 3.36. The highest BCUT2D eigenvalue weighted by molar-refractivity contribution is 6.34. The van der Waals surface area contributed by atoms with Crippen LogP contribution in [0.5, 0.6) is 0 Å². The normalized spacial score (nSPS) is 11.6. The van der Waals surface area contributed by atoms with Crippen LogP contribution < -0.4 is 11.2 Å². The number of halogens is 3. The van der Waals surface area contributed by atoms with E-state index in [1.807, 2.05) is 24.3 Å². The number of H-pyrrole nitrogens is 1. The Labute approximate surface area is 217 Å². The van der Waals surface area contributed by atoms with Crippen molar-refractivity contribution in [1.82, 2.24) is 29.5 Å². The Balaban J connectivity index is 1.51. The Morgan fingerprint density at radius 2 is 1.82 bits per heavy atom. The van der Waals surface area contributed by atoms with Crippen molar-refractivity contribution in [3.8, 4) is 28.1 Å². The molecule has 8 nitrogen and oxygen atoms in total. The molecule has 38 heavy (non-hydrogen) atoms.